The quantitative estimate of drug-likeness (QED) is 0.667. The van der Waals surface area contributed by atoms with E-state index in [1.807, 2.05) is 0 Å². The number of halogens is 2. The minimum atomic E-state index is -0.511. The summed E-state index contributed by atoms with van der Waals surface area (Å²) in [7, 11) is 3.15. The van der Waals surface area contributed by atoms with Crippen molar-refractivity contribution < 1.29 is 9.18 Å². The van der Waals surface area contributed by atoms with Gasteiger partial charge in [0.1, 0.15) is 5.69 Å². The van der Waals surface area contributed by atoms with E-state index in [2.05, 4.69) is 36.7 Å². The SMILES string of the molecule is Cc1nn(C)c(C(=O)N/N=C\c2c(C)nn(C)c2F)c1Br. The third kappa shape index (κ3) is 2.87. The molecular formula is C12H14BrFN6O. The lowest BCUT2D eigenvalue weighted by molar-refractivity contribution is 0.0945. The van der Waals surface area contributed by atoms with Crippen molar-refractivity contribution in [3.8, 4) is 0 Å². The largest absolute Gasteiger partial charge is 0.290 e. The Morgan fingerprint density at radius 2 is 1.90 bits per heavy atom. The van der Waals surface area contributed by atoms with Gasteiger partial charge in [-0.25, -0.2) is 10.1 Å². The first-order valence-corrected chi connectivity index (χ1v) is 6.83. The average Bonchev–Trinajstić information content (AvgIpc) is 2.79. The standard InChI is InChI=1S/C12H14BrFN6O/c1-6-8(11(14)20(4)17-6)5-15-16-12(21)10-9(13)7(2)18-19(10)3/h5H,1-4H3,(H,16,21)/b15-5-. The van der Waals surface area contributed by atoms with E-state index >= 15 is 0 Å². The molecule has 0 spiro atoms. The Morgan fingerprint density at radius 1 is 1.29 bits per heavy atom. The molecule has 1 N–H and O–H groups in total. The summed E-state index contributed by atoms with van der Waals surface area (Å²) in [4.78, 5) is 12.0. The van der Waals surface area contributed by atoms with Gasteiger partial charge in [0, 0.05) is 14.1 Å². The summed E-state index contributed by atoms with van der Waals surface area (Å²) < 4.78 is 16.8. The molecule has 0 aliphatic rings. The summed E-state index contributed by atoms with van der Waals surface area (Å²) in [6, 6.07) is 0. The molecule has 0 aromatic carbocycles. The summed E-state index contributed by atoms with van der Waals surface area (Å²) in [5, 5.41) is 11.8. The molecule has 0 radical (unpaired) electrons. The predicted molar refractivity (Wildman–Crippen MR) is 78.6 cm³/mol. The summed E-state index contributed by atoms with van der Waals surface area (Å²) in [5.74, 6) is -0.953. The van der Waals surface area contributed by atoms with E-state index in [9.17, 15) is 9.18 Å². The van der Waals surface area contributed by atoms with E-state index in [0.717, 1.165) is 4.68 Å². The molecular weight excluding hydrogens is 343 g/mol. The minimum Gasteiger partial charge on any atom is -0.266 e. The molecule has 21 heavy (non-hydrogen) atoms. The zero-order valence-electron chi connectivity index (χ0n) is 12.0. The van der Waals surface area contributed by atoms with Crippen LogP contribution in [0, 0.1) is 19.8 Å². The van der Waals surface area contributed by atoms with E-state index in [1.54, 1.807) is 20.9 Å². The fourth-order valence-corrected chi connectivity index (χ4v) is 2.40. The van der Waals surface area contributed by atoms with Crippen LogP contribution >= 0.6 is 15.9 Å². The monoisotopic (exact) mass is 356 g/mol. The van der Waals surface area contributed by atoms with Crippen LogP contribution in [0.2, 0.25) is 0 Å². The van der Waals surface area contributed by atoms with Crippen LogP contribution in [-0.4, -0.2) is 31.7 Å². The Kier molecular flexibility index (Phi) is 4.21. The third-order valence-electron chi connectivity index (χ3n) is 2.92. The van der Waals surface area contributed by atoms with Gasteiger partial charge in [-0.3, -0.25) is 9.48 Å². The number of rotatable bonds is 3. The molecule has 0 aliphatic heterocycles. The molecule has 0 bridgehead atoms. The topological polar surface area (TPSA) is 77.1 Å². The maximum Gasteiger partial charge on any atom is 0.290 e. The minimum absolute atomic E-state index is 0.234. The summed E-state index contributed by atoms with van der Waals surface area (Å²) in [6.07, 6.45) is 1.23. The molecule has 7 nitrogen and oxygen atoms in total. The maximum absolute atomic E-state index is 13.7. The van der Waals surface area contributed by atoms with Crippen molar-refractivity contribution in [3.05, 3.63) is 33.1 Å². The average molecular weight is 357 g/mol. The number of carbonyl (C=O) groups is 1. The summed E-state index contributed by atoms with van der Waals surface area (Å²) in [6.45, 7) is 3.44. The summed E-state index contributed by atoms with van der Waals surface area (Å²) >= 11 is 3.30. The number of nitrogens with one attached hydrogen (secondary N) is 1. The Labute approximate surface area is 129 Å². The van der Waals surface area contributed by atoms with Gasteiger partial charge in [-0.2, -0.15) is 19.7 Å². The smallest absolute Gasteiger partial charge is 0.266 e. The third-order valence-corrected chi connectivity index (χ3v) is 3.87. The van der Waals surface area contributed by atoms with E-state index in [0.29, 0.717) is 21.6 Å². The highest BCUT2D eigenvalue weighted by Crippen LogP contribution is 2.19. The van der Waals surface area contributed by atoms with E-state index in [1.165, 1.54) is 17.9 Å². The molecule has 0 aliphatic carbocycles. The number of hydrazone groups is 1. The maximum atomic E-state index is 13.7. The van der Waals surface area contributed by atoms with Crippen molar-refractivity contribution in [2.24, 2.45) is 19.2 Å². The summed E-state index contributed by atoms with van der Waals surface area (Å²) in [5.41, 5.74) is 4.10. The van der Waals surface area contributed by atoms with Gasteiger partial charge in [-0.05, 0) is 29.8 Å². The second kappa shape index (κ2) is 5.76. The van der Waals surface area contributed by atoms with Gasteiger partial charge in [0.2, 0.25) is 5.95 Å². The van der Waals surface area contributed by atoms with Gasteiger partial charge in [-0.15, -0.1) is 0 Å². The molecule has 2 heterocycles. The van der Waals surface area contributed by atoms with Crippen LogP contribution in [0.15, 0.2) is 9.57 Å². The molecule has 9 heteroatoms. The van der Waals surface area contributed by atoms with Crippen LogP contribution in [0.1, 0.15) is 27.4 Å². The van der Waals surface area contributed by atoms with Crippen LogP contribution in [0.3, 0.4) is 0 Å². The lowest BCUT2D eigenvalue weighted by Crippen LogP contribution is -2.21. The second-order valence-corrected chi connectivity index (χ2v) is 5.28. The van der Waals surface area contributed by atoms with Crippen LogP contribution in [-0.2, 0) is 14.1 Å². The van der Waals surface area contributed by atoms with Gasteiger partial charge in [-0.1, -0.05) is 0 Å². The van der Waals surface area contributed by atoms with Gasteiger partial charge in [0.15, 0.2) is 0 Å². The Morgan fingerprint density at radius 3 is 2.38 bits per heavy atom. The number of aryl methyl sites for hydroxylation is 4. The van der Waals surface area contributed by atoms with Crippen molar-refractivity contribution in [2.75, 3.05) is 0 Å². The molecule has 2 rings (SSSR count). The van der Waals surface area contributed by atoms with E-state index in [-0.39, 0.29) is 5.56 Å². The zero-order chi connectivity index (χ0) is 15.7. The van der Waals surface area contributed by atoms with Gasteiger partial charge < -0.3 is 0 Å². The van der Waals surface area contributed by atoms with Gasteiger partial charge >= 0.3 is 0 Å². The molecule has 112 valence electrons. The van der Waals surface area contributed by atoms with Crippen molar-refractivity contribution in [1.82, 2.24) is 25.0 Å². The molecule has 0 fully saturated rings. The molecule has 0 atom stereocenters. The number of hydrogen-bond donors (Lipinski definition) is 1. The fraction of sp³-hybridized carbons (Fsp3) is 0.333. The molecule has 0 saturated carbocycles. The number of amides is 1. The van der Waals surface area contributed by atoms with E-state index < -0.39 is 11.9 Å². The molecule has 0 saturated heterocycles. The number of carbonyl (C=O) groups excluding carboxylic acids is 1. The first kappa shape index (κ1) is 15.4. The van der Waals surface area contributed by atoms with Crippen LogP contribution in [0.4, 0.5) is 4.39 Å². The molecule has 2 aromatic heterocycles. The van der Waals surface area contributed by atoms with Crippen molar-refractivity contribution in [2.45, 2.75) is 13.8 Å². The Bertz CT molecular complexity index is 733. The van der Waals surface area contributed by atoms with Gasteiger partial charge in [0.25, 0.3) is 5.91 Å². The first-order chi connectivity index (χ1) is 9.82. The highest BCUT2D eigenvalue weighted by molar-refractivity contribution is 9.10. The predicted octanol–water partition coefficient (Wildman–Crippen LogP) is 1.44. The Hall–Kier alpha value is -2.03. The molecule has 1 amide bonds. The fourth-order valence-electron chi connectivity index (χ4n) is 1.88. The van der Waals surface area contributed by atoms with E-state index in [4.69, 9.17) is 0 Å². The van der Waals surface area contributed by atoms with Gasteiger partial charge in [0.05, 0.1) is 27.6 Å². The number of aromatic nitrogens is 4. The molecule has 2 aromatic rings. The molecule has 0 unspecified atom stereocenters. The lowest BCUT2D eigenvalue weighted by Gasteiger charge is -2.00. The van der Waals surface area contributed by atoms with Crippen LogP contribution in [0.25, 0.3) is 0 Å². The highest BCUT2D eigenvalue weighted by atomic mass is 79.9. The van der Waals surface area contributed by atoms with Crippen LogP contribution in [0.5, 0.6) is 0 Å². The number of nitrogens with zero attached hydrogens (tertiary/aromatic N) is 5. The lowest BCUT2D eigenvalue weighted by atomic mass is 10.3. The normalized spacial score (nSPS) is 11.3. The first-order valence-electron chi connectivity index (χ1n) is 6.04. The second-order valence-electron chi connectivity index (χ2n) is 4.48. The Balaban J connectivity index is 2.16. The zero-order valence-corrected chi connectivity index (χ0v) is 13.6. The van der Waals surface area contributed by atoms with Crippen molar-refractivity contribution in [1.29, 1.82) is 0 Å². The number of hydrogen-bond acceptors (Lipinski definition) is 4. The highest BCUT2D eigenvalue weighted by Gasteiger charge is 2.18. The van der Waals surface area contributed by atoms with Crippen molar-refractivity contribution in [3.63, 3.8) is 0 Å². The van der Waals surface area contributed by atoms with Crippen molar-refractivity contribution >= 4 is 28.1 Å². The van der Waals surface area contributed by atoms with Crippen LogP contribution < -0.4 is 5.43 Å².